The SMILES string of the molecule is Cc1cc(C)n(-c2ccc(Oc3ccc(NC(=O)c4cccc(Cl)c4)cc3)nn2)n1. The summed E-state index contributed by atoms with van der Waals surface area (Å²) < 4.78 is 7.46. The van der Waals surface area contributed by atoms with E-state index in [-0.39, 0.29) is 5.91 Å². The van der Waals surface area contributed by atoms with Gasteiger partial charge >= 0.3 is 0 Å². The molecule has 0 fully saturated rings. The summed E-state index contributed by atoms with van der Waals surface area (Å²) >= 11 is 5.93. The molecular formula is C22H18ClN5O2. The highest BCUT2D eigenvalue weighted by Gasteiger charge is 2.08. The number of hydrogen-bond acceptors (Lipinski definition) is 5. The van der Waals surface area contributed by atoms with Gasteiger partial charge in [-0.3, -0.25) is 4.79 Å². The van der Waals surface area contributed by atoms with Gasteiger partial charge < -0.3 is 10.1 Å². The summed E-state index contributed by atoms with van der Waals surface area (Å²) in [7, 11) is 0. The maximum Gasteiger partial charge on any atom is 0.255 e. The standard InChI is InChI=1S/C22H18ClN5O2/c1-14-12-15(2)28(27-14)20-10-11-21(26-25-20)30-19-8-6-18(7-9-19)24-22(29)16-4-3-5-17(23)13-16/h3-13H,1-2H3,(H,24,29). The van der Waals surface area contributed by atoms with Crippen LogP contribution in [0.3, 0.4) is 0 Å². The van der Waals surface area contributed by atoms with Gasteiger partial charge in [-0.15, -0.1) is 10.2 Å². The van der Waals surface area contributed by atoms with Crippen molar-refractivity contribution in [2.45, 2.75) is 13.8 Å². The Balaban J connectivity index is 1.41. The van der Waals surface area contributed by atoms with Crippen LogP contribution in [0.1, 0.15) is 21.7 Å². The van der Waals surface area contributed by atoms with Gasteiger partial charge in [0.2, 0.25) is 5.88 Å². The highest BCUT2D eigenvalue weighted by Crippen LogP contribution is 2.22. The van der Waals surface area contributed by atoms with Gasteiger partial charge in [-0.1, -0.05) is 17.7 Å². The minimum atomic E-state index is -0.239. The van der Waals surface area contributed by atoms with Crippen LogP contribution in [-0.4, -0.2) is 25.9 Å². The topological polar surface area (TPSA) is 81.9 Å². The summed E-state index contributed by atoms with van der Waals surface area (Å²) in [6, 6.07) is 19.2. The van der Waals surface area contributed by atoms with E-state index in [0.29, 0.717) is 33.7 Å². The maximum absolute atomic E-state index is 12.3. The number of ether oxygens (including phenoxy) is 1. The molecule has 30 heavy (non-hydrogen) atoms. The number of aromatic nitrogens is 4. The van der Waals surface area contributed by atoms with Gasteiger partial charge in [0.1, 0.15) is 5.75 Å². The molecule has 2 aromatic heterocycles. The molecule has 0 saturated carbocycles. The Labute approximate surface area is 178 Å². The predicted octanol–water partition coefficient (Wildman–Crippen LogP) is 4.98. The Morgan fingerprint density at radius 1 is 1.00 bits per heavy atom. The summed E-state index contributed by atoms with van der Waals surface area (Å²) in [6.45, 7) is 3.88. The Morgan fingerprint density at radius 3 is 2.43 bits per heavy atom. The first kappa shape index (κ1) is 19.6. The van der Waals surface area contributed by atoms with E-state index in [0.717, 1.165) is 11.4 Å². The van der Waals surface area contributed by atoms with Crippen LogP contribution in [0.4, 0.5) is 5.69 Å². The smallest absolute Gasteiger partial charge is 0.255 e. The van der Waals surface area contributed by atoms with Crippen LogP contribution >= 0.6 is 11.6 Å². The van der Waals surface area contributed by atoms with Crippen molar-refractivity contribution in [3.63, 3.8) is 0 Å². The molecule has 2 heterocycles. The van der Waals surface area contributed by atoms with Gasteiger partial charge in [-0.2, -0.15) is 5.10 Å². The lowest BCUT2D eigenvalue weighted by molar-refractivity contribution is 0.102. The third kappa shape index (κ3) is 4.47. The van der Waals surface area contributed by atoms with Crippen LogP contribution in [-0.2, 0) is 0 Å². The van der Waals surface area contributed by atoms with E-state index in [9.17, 15) is 4.79 Å². The maximum atomic E-state index is 12.3. The molecule has 0 aliphatic heterocycles. The van der Waals surface area contributed by atoms with Crippen LogP contribution in [0, 0.1) is 13.8 Å². The normalized spacial score (nSPS) is 10.6. The second-order valence-electron chi connectivity index (χ2n) is 6.66. The molecule has 0 atom stereocenters. The molecule has 0 saturated heterocycles. The Hall–Kier alpha value is -3.71. The third-order valence-electron chi connectivity index (χ3n) is 4.27. The minimum absolute atomic E-state index is 0.239. The summed E-state index contributed by atoms with van der Waals surface area (Å²) in [4.78, 5) is 12.3. The number of carbonyl (C=O) groups is 1. The van der Waals surface area contributed by atoms with Crippen molar-refractivity contribution in [1.29, 1.82) is 0 Å². The van der Waals surface area contributed by atoms with Crippen molar-refractivity contribution in [1.82, 2.24) is 20.0 Å². The lowest BCUT2D eigenvalue weighted by atomic mass is 10.2. The van der Waals surface area contributed by atoms with Gasteiger partial charge in [0, 0.05) is 28.0 Å². The number of hydrogen-bond donors (Lipinski definition) is 1. The molecule has 0 unspecified atom stereocenters. The highest BCUT2D eigenvalue weighted by molar-refractivity contribution is 6.31. The molecule has 2 aromatic carbocycles. The second-order valence-corrected chi connectivity index (χ2v) is 7.10. The number of nitrogens with zero attached hydrogens (tertiary/aromatic N) is 4. The molecule has 150 valence electrons. The lowest BCUT2D eigenvalue weighted by Gasteiger charge is -2.08. The molecule has 0 aliphatic rings. The second kappa shape index (κ2) is 8.34. The quantitative estimate of drug-likeness (QED) is 0.493. The van der Waals surface area contributed by atoms with Gasteiger partial charge in [0.25, 0.3) is 5.91 Å². The number of carbonyl (C=O) groups excluding carboxylic acids is 1. The zero-order valence-corrected chi connectivity index (χ0v) is 17.1. The van der Waals surface area contributed by atoms with Crippen LogP contribution < -0.4 is 10.1 Å². The summed E-state index contributed by atoms with van der Waals surface area (Å²) in [5.74, 6) is 1.31. The monoisotopic (exact) mass is 419 g/mol. The van der Waals surface area contributed by atoms with Crippen molar-refractivity contribution < 1.29 is 9.53 Å². The number of anilines is 1. The molecule has 0 aliphatic carbocycles. The van der Waals surface area contributed by atoms with Gasteiger partial charge in [-0.25, -0.2) is 4.68 Å². The van der Waals surface area contributed by atoms with E-state index in [1.165, 1.54) is 0 Å². The van der Waals surface area contributed by atoms with E-state index in [1.807, 2.05) is 19.9 Å². The van der Waals surface area contributed by atoms with E-state index in [2.05, 4.69) is 20.6 Å². The zero-order valence-electron chi connectivity index (χ0n) is 16.3. The molecule has 1 amide bonds. The van der Waals surface area contributed by atoms with Crippen molar-refractivity contribution in [2.24, 2.45) is 0 Å². The van der Waals surface area contributed by atoms with Crippen molar-refractivity contribution in [3.05, 3.63) is 88.7 Å². The van der Waals surface area contributed by atoms with Crippen molar-refractivity contribution in [3.8, 4) is 17.4 Å². The van der Waals surface area contributed by atoms with Crippen LogP contribution in [0.15, 0.2) is 66.7 Å². The van der Waals surface area contributed by atoms with Gasteiger partial charge in [0.05, 0.1) is 5.69 Å². The van der Waals surface area contributed by atoms with Gasteiger partial charge in [0.15, 0.2) is 5.82 Å². The van der Waals surface area contributed by atoms with E-state index in [4.69, 9.17) is 16.3 Å². The third-order valence-corrected chi connectivity index (χ3v) is 4.51. The fraction of sp³-hybridized carbons (Fsp3) is 0.0909. The summed E-state index contributed by atoms with van der Waals surface area (Å²) in [5.41, 5.74) is 3.02. The van der Waals surface area contributed by atoms with E-state index >= 15 is 0 Å². The van der Waals surface area contributed by atoms with Crippen LogP contribution in [0.25, 0.3) is 5.82 Å². The number of aryl methyl sites for hydroxylation is 2. The number of nitrogens with one attached hydrogen (secondary N) is 1. The van der Waals surface area contributed by atoms with Crippen molar-refractivity contribution in [2.75, 3.05) is 5.32 Å². The van der Waals surface area contributed by atoms with Crippen LogP contribution in [0.2, 0.25) is 5.02 Å². The van der Waals surface area contributed by atoms with E-state index in [1.54, 1.807) is 65.3 Å². The molecule has 0 radical (unpaired) electrons. The fourth-order valence-corrected chi connectivity index (χ4v) is 3.09. The summed E-state index contributed by atoms with van der Waals surface area (Å²) in [6.07, 6.45) is 0. The number of rotatable bonds is 5. The minimum Gasteiger partial charge on any atom is -0.438 e. The molecule has 4 rings (SSSR count). The molecular weight excluding hydrogens is 402 g/mol. The molecule has 0 bridgehead atoms. The predicted molar refractivity (Wildman–Crippen MR) is 115 cm³/mol. The van der Waals surface area contributed by atoms with Gasteiger partial charge in [-0.05, 0) is 68.4 Å². The van der Waals surface area contributed by atoms with Crippen LogP contribution in [0.5, 0.6) is 11.6 Å². The molecule has 4 aromatic rings. The largest absolute Gasteiger partial charge is 0.438 e. The highest BCUT2D eigenvalue weighted by atomic mass is 35.5. The van der Waals surface area contributed by atoms with Crippen molar-refractivity contribution >= 4 is 23.2 Å². The Morgan fingerprint density at radius 2 is 1.80 bits per heavy atom. The molecule has 8 heteroatoms. The molecule has 1 N–H and O–H groups in total. The summed E-state index contributed by atoms with van der Waals surface area (Å²) in [5, 5.41) is 16.0. The lowest BCUT2D eigenvalue weighted by Crippen LogP contribution is -2.11. The number of halogens is 1. The average Bonchev–Trinajstić information content (AvgIpc) is 3.08. The fourth-order valence-electron chi connectivity index (χ4n) is 2.90. The first-order chi connectivity index (χ1) is 14.5. The number of amides is 1. The first-order valence-corrected chi connectivity index (χ1v) is 9.58. The Bertz CT molecular complexity index is 1190. The Kier molecular flexibility index (Phi) is 5.45. The molecule has 7 nitrogen and oxygen atoms in total. The molecule has 0 spiro atoms. The zero-order chi connectivity index (χ0) is 21.1. The van der Waals surface area contributed by atoms with E-state index < -0.39 is 0 Å². The first-order valence-electron chi connectivity index (χ1n) is 9.20. The average molecular weight is 420 g/mol. The number of benzene rings is 2.